The first-order valence-corrected chi connectivity index (χ1v) is 10.4. The van der Waals surface area contributed by atoms with Crippen molar-refractivity contribution in [1.82, 2.24) is 4.90 Å². The SMILES string of the molecule is CCCC(C)C(=O)O[C@H]1C=C[C@@]23CCN(C)Cc4ccc(OC)c(c42)O[C@H]3C1. The Balaban J connectivity index is 1.65. The van der Waals surface area contributed by atoms with E-state index in [1.807, 2.05) is 13.0 Å². The Bertz CT molecular complexity index is 789. The molecule has 0 bridgehead atoms. The zero-order chi connectivity index (χ0) is 19.9. The minimum atomic E-state index is -0.229. The molecule has 2 heterocycles. The smallest absolute Gasteiger partial charge is 0.309 e. The zero-order valence-corrected chi connectivity index (χ0v) is 17.4. The second kappa shape index (κ2) is 7.43. The van der Waals surface area contributed by atoms with Gasteiger partial charge in [-0.25, -0.2) is 0 Å². The number of nitrogens with zero attached hydrogens (tertiary/aromatic N) is 1. The van der Waals surface area contributed by atoms with E-state index in [4.69, 9.17) is 14.2 Å². The number of hydrogen-bond donors (Lipinski definition) is 0. The third kappa shape index (κ3) is 3.10. The third-order valence-electron chi connectivity index (χ3n) is 6.52. The van der Waals surface area contributed by atoms with Crippen molar-refractivity contribution in [2.24, 2.45) is 5.92 Å². The largest absolute Gasteiger partial charge is 0.493 e. The van der Waals surface area contributed by atoms with Gasteiger partial charge in [0, 0.05) is 18.5 Å². The summed E-state index contributed by atoms with van der Waals surface area (Å²) in [4.78, 5) is 14.8. The molecule has 1 unspecified atom stereocenters. The van der Waals surface area contributed by atoms with E-state index in [1.165, 1.54) is 11.1 Å². The molecule has 152 valence electrons. The monoisotopic (exact) mass is 385 g/mol. The van der Waals surface area contributed by atoms with Gasteiger partial charge in [-0.15, -0.1) is 0 Å². The van der Waals surface area contributed by atoms with Gasteiger partial charge in [-0.2, -0.15) is 0 Å². The zero-order valence-electron chi connectivity index (χ0n) is 17.4. The minimum absolute atomic E-state index is 0.0340. The van der Waals surface area contributed by atoms with Gasteiger partial charge in [-0.1, -0.05) is 32.4 Å². The summed E-state index contributed by atoms with van der Waals surface area (Å²) < 4.78 is 17.9. The van der Waals surface area contributed by atoms with Crippen molar-refractivity contribution in [2.45, 2.75) is 63.7 Å². The van der Waals surface area contributed by atoms with E-state index in [0.717, 1.165) is 43.9 Å². The summed E-state index contributed by atoms with van der Waals surface area (Å²) in [5.74, 6) is 1.49. The molecule has 0 N–H and O–H groups in total. The van der Waals surface area contributed by atoms with Gasteiger partial charge >= 0.3 is 5.97 Å². The number of hydrogen-bond acceptors (Lipinski definition) is 5. The van der Waals surface area contributed by atoms with Crippen LogP contribution < -0.4 is 9.47 Å². The Morgan fingerprint density at radius 2 is 2.25 bits per heavy atom. The summed E-state index contributed by atoms with van der Waals surface area (Å²) in [6.07, 6.45) is 7.58. The van der Waals surface area contributed by atoms with Crippen LogP contribution in [0.4, 0.5) is 0 Å². The third-order valence-corrected chi connectivity index (χ3v) is 6.52. The van der Waals surface area contributed by atoms with Crippen LogP contribution in [0.5, 0.6) is 11.5 Å². The fourth-order valence-electron chi connectivity index (χ4n) is 4.97. The summed E-state index contributed by atoms with van der Waals surface area (Å²) in [6.45, 7) is 5.94. The van der Waals surface area contributed by atoms with Crippen LogP contribution in [0.2, 0.25) is 0 Å². The average Bonchev–Trinajstić information content (AvgIpc) is 2.94. The molecule has 1 aromatic rings. The first-order chi connectivity index (χ1) is 13.5. The average molecular weight is 386 g/mol. The summed E-state index contributed by atoms with van der Waals surface area (Å²) in [7, 11) is 3.85. The summed E-state index contributed by atoms with van der Waals surface area (Å²) in [5, 5.41) is 0. The van der Waals surface area contributed by atoms with E-state index >= 15 is 0 Å². The molecule has 1 aliphatic carbocycles. The van der Waals surface area contributed by atoms with Crippen LogP contribution in [0.25, 0.3) is 0 Å². The van der Waals surface area contributed by atoms with Crippen molar-refractivity contribution in [3.05, 3.63) is 35.4 Å². The van der Waals surface area contributed by atoms with Crippen LogP contribution in [-0.4, -0.2) is 43.8 Å². The molecule has 4 rings (SSSR count). The van der Waals surface area contributed by atoms with Crippen LogP contribution in [0.1, 0.15) is 50.7 Å². The number of carbonyl (C=O) groups is 1. The van der Waals surface area contributed by atoms with Gasteiger partial charge in [0.05, 0.1) is 18.4 Å². The molecule has 0 saturated carbocycles. The predicted molar refractivity (Wildman–Crippen MR) is 108 cm³/mol. The molecule has 3 aliphatic rings. The Hall–Kier alpha value is -2.01. The number of carbonyl (C=O) groups excluding carboxylic acids is 1. The van der Waals surface area contributed by atoms with E-state index in [0.29, 0.717) is 6.42 Å². The van der Waals surface area contributed by atoms with Gasteiger partial charge in [0.1, 0.15) is 12.2 Å². The molecular weight excluding hydrogens is 354 g/mol. The molecule has 0 radical (unpaired) electrons. The molecule has 1 aromatic carbocycles. The Labute approximate surface area is 167 Å². The van der Waals surface area contributed by atoms with E-state index in [2.05, 4.69) is 37.1 Å². The van der Waals surface area contributed by atoms with Gasteiger partial charge in [0.25, 0.3) is 0 Å². The van der Waals surface area contributed by atoms with Gasteiger partial charge in [-0.3, -0.25) is 4.79 Å². The number of rotatable bonds is 5. The lowest BCUT2D eigenvalue weighted by molar-refractivity contribution is -0.153. The second-order valence-corrected chi connectivity index (χ2v) is 8.53. The van der Waals surface area contributed by atoms with E-state index in [-0.39, 0.29) is 29.5 Å². The standard InChI is InChI=1S/C23H31NO4/c1-5-6-15(2)22(25)27-17-9-10-23-11-12-24(3)14-16-7-8-18(26-4)21(20(16)23)28-19(23)13-17/h7-10,15,17,19H,5-6,11-14H2,1-4H3/t15?,17-,19-,23-/m0/s1. The summed E-state index contributed by atoms with van der Waals surface area (Å²) in [5.41, 5.74) is 2.40. The second-order valence-electron chi connectivity index (χ2n) is 8.53. The van der Waals surface area contributed by atoms with Crippen molar-refractivity contribution >= 4 is 5.97 Å². The molecule has 1 spiro atoms. The van der Waals surface area contributed by atoms with Gasteiger partial charge in [-0.05, 0) is 44.1 Å². The highest BCUT2D eigenvalue weighted by Gasteiger charge is 2.53. The Morgan fingerprint density at radius 3 is 3.00 bits per heavy atom. The Morgan fingerprint density at radius 1 is 1.43 bits per heavy atom. The van der Waals surface area contributed by atoms with Crippen LogP contribution in [0, 0.1) is 5.92 Å². The molecular formula is C23H31NO4. The lowest BCUT2D eigenvalue weighted by atomic mass is 9.69. The molecule has 4 atom stereocenters. The number of benzene rings is 1. The van der Waals surface area contributed by atoms with Crippen molar-refractivity contribution in [2.75, 3.05) is 20.7 Å². The van der Waals surface area contributed by atoms with Crippen LogP contribution >= 0.6 is 0 Å². The van der Waals surface area contributed by atoms with Gasteiger partial charge in [0.15, 0.2) is 11.5 Å². The van der Waals surface area contributed by atoms with Crippen molar-refractivity contribution in [1.29, 1.82) is 0 Å². The first kappa shape index (κ1) is 19.3. The normalized spacial score (nSPS) is 29.3. The topological polar surface area (TPSA) is 48.0 Å². The van der Waals surface area contributed by atoms with Gasteiger partial charge in [0.2, 0.25) is 0 Å². The first-order valence-electron chi connectivity index (χ1n) is 10.4. The van der Waals surface area contributed by atoms with Crippen LogP contribution in [0.15, 0.2) is 24.3 Å². The number of esters is 1. The quantitative estimate of drug-likeness (QED) is 0.569. The maximum absolute atomic E-state index is 12.4. The Kier molecular flexibility index (Phi) is 5.13. The molecule has 0 saturated heterocycles. The van der Waals surface area contributed by atoms with Crippen molar-refractivity contribution in [3.8, 4) is 11.5 Å². The molecule has 0 amide bonds. The molecule has 2 aliphatic heterocycles. The fraction of sp³-hybridized carbons (Fsp3) is 0.609. The lowest BCUT2D eigenvalue weighted by Crippen LogP contribution is -2.44. The van der Waals surface area contributed by atoms with E-state index in [9.17, 15) is 4.79 Å². The highest BCUT2D eigenvalue weighted by Crippen LogP contribution is 2.55. The summed E-state index contributed by atoms with van der Waals surface area (Å²) in [6, 6.07) is 4.17. The molecule has 0 fully saturated rings. The highest BCUT2D eigenvalue weighted by molar-refractivity contribution is 5.72. The van der Waals surface area contributed by atoms with Crippen molar-refractivity contribution in [3.63, 3.8) is 0 Å². The maximum Gasteiger partial charge on any atom is 0.309 e. The number of methoxy groups -OCH3 is 1. The van der Waals surface area contributed by atoms with Crippen LogP contribution in [0.3, 0.4) is 0 Å². The highest BCUT2D eigenvalue weighted by atomic mass is 16.6. The number of ether oxygens (including phenoxy) is 3. The molecule has 5 heteroatoms. The summed E-state index contributed by atoms with van der Waals surface area (Å²) >= 11 is 0. The fourth-order valence-corrected chi connectivity index (χ4v) is 4.97. The maximum atomic E-state index is 12.4. The van der Waals surface area contributed by atoms with Crippen molar-refractivity contribution < 1.29 is 19.0 Å². The van der Waals surface area contributed by atoms with E-state index < -0.39 is 0 Å². The van der Waals surface area contributed by atoms with Crippen LogP contribution in [-0.2, 0) is 21.5 Å². The van der Waals surface area contributed by atoms with Gasteiger partial charge < -0.3 is 19.1 Å². The van der Waals surface area contributed by atoms with E-state index in [1.54, 1.807) is 7.11 Å². The molecule has 28 heavy (non-hydrogen) atoms. The lowest BCUT2D eigenvalue weighted by Gasteiger charge is -2.37. The predicted octanol–water partition coefficient (Wildman–Crippen LogP) is 3.84. The molecule has 5 nitrogen and oxygen atoms in total. The minimum Gasteiger partial charge on any atom is -0.493 e. The molecule has 0 aromatic heterocycles.